The molecule has 0 bridgehead atoms. The van der Waals surface area contributed by atoms with Crippen molar-refractivity contribution in [3.63, 3.8) is 0 Å². The summed E-state index contributed by atoms with van der Waals surface area (Å²) in [5.41, 5.74) is 0.0278. The van der Waals surface area contributed by atoms with Gasteiger partial charge in [-0.3, -0.25) is 0 Å². The van der Waals surface area contributed by atoms with Gasteiger partial charge in [0.05, 0.1) is 23.6 Å². The molecule has 0 N–H and O–H groups in total. The lowest BCUT2D eigenvalue weighted by atomic mass is 10.6. The van der Waals surface area contributed by atoms with Gasteiger partial charge in [-0.2, -0.15) is 3.71 Å². The van der Waals surface area contributed by atoms with Crippen molar-refractivity contribution in [2.45, 2.75) is 0 Å². The molecule has 1 aromatic rings. The molecule has 1 radical (unpaired) electrons. The topological polar surface area (TPSA) is 71.5 Å². The molecule has 0 unspecified atom stereocenters. The predicted molar refractivity (Wildman–Crippen MR) is 55.3 cm³/mol. The lowest BCUT2D eigenvalue weighted by Crippen LogP contribution is -2.34. The fourth-order valence-corrected chi connectivity index (χ4v) is 4.48. The number of anilines is 1. The molecule has 79 valence electrons. The molecule has 1 aromatic heterocycles. The minimum Gasteiger partial charge on any atom is -0.206 e. The van der Waals surface area contributed by atoms with Gasteiger partial charge in [-0.05, 0) is 11.4 Å². The molecule has 8 heteroatoms. The van der Waals surface area contributed by atoms with Gasteiger partial charge in [0.15, 0.2) is 0 Å². The number of thiophene rings is 1. The van der Waals surface area contributed by atoms with Gasteiger partial charge in [-0.15, -0.1) is 11.3 Å². The molecule has 0 spiro atoms. The standard InChI is InChI=1S/C6H8NO4S3/c1-13(8,9)7(14(2,10)11)6-3-4-12-5-6/h3-4H,1-2H3. The van der Waals surface area contributed by atoms with Gasteiger partial charge in [0.25, 0.3) is 0 Å². The fraction of sp³-hybridized carbons (Fsp3) is 0.333. The molecule has 0 atom stereocenters. The van der Waals surface area contributed by atoms with Crippen LogP contribution in [0.15, 0.2) is 11.4 Å². The van der Waals surface area contributed by atoms with E-state index >= 15 is 0 Å². The maximum absolute atomic E-state index is 11.2. The average Bonchev–Trinajstić information content (AvgIpc) is 2.31. The van der Waals surface area contributed by atoms with Gasteiger partial charge in [-0.25, -0.2) is 16.8 Å². The van der Waals surface area contributed by atoms with Crippen LogP contribution in [-0.4, -0.2) is 29.3 Å². The SMILES string of the molecule is CS(=O)(=O)N(c1[c]scc1)S(C)(=O)=O. The molecule has 1 rings (SSSR count). The van der Waals surface area contributed by atoms with E-state index in [1.807, 2.05) is 0 Å². The minimum atomic E-state index is -3.82. The summed E-state index contributed by atoms with van der Waals surface area (Å²) in [6, 6.07) is 1.38. The fourth-order valence-electron chi connectivity index (χ4n) is 0.928. The number of sulfonamides is 2. The third-order valence-electron chi connectivity index (χ3n) is 1.26. The van der Waals surface area contributed by atoms with E-state index in [0.29, 0.717) is 3.71 Å². The first kappa shape index (κ1) is 11.5. The Morgan fingerprint density at radius 1 is 1.21 bits per heavy atom. The Labute approximate surface area is 87.1 Å². The van der Waals surface area contributed by atoms with Gasteiger partial charge in [-0.1, -0.05) is 0 Å². The highest BCUT2D eigenvalue weighted by atomic mass is 32.3. The van der Waals surface area contributed by atoms with Gasteiger partial charge < -0.3 is 0 Å². The van der Waals surface area contributed by atoms with Crippen molar-refractivity contribution >= 4 is 37.1 Å². The van der Waals surface area contributed by atoms with Crippen LogP contribution in [0.25, 0.3) is 0 Å². The molecular formula is C6H8NO4S3. The number of hydrogen-bond donors (Lipinski definition) is 0. The van der Waals surface area contributed by atoms with Gasteiger partial charge in [0, 0.05) is 0 Å². The molecule has 0 aliphatic rings. The van der Waals surface area contributed by atoms with Crippen LogP contribution in [-0.2, 0) is 20.0 Å². The van der Waals surface area contributed by atoms with Crippen molar-refractivity contribution in [2.75, 3.05) is 16.2 Å². The predicted octanol–water partition coefficient (Wildman–Crippen LogP) is 0.274. The van der Waals surface area contributed by atoms with Gasteiger partial charge in [0.2, 0.25) is 20.0 Å². The molecule has 14 heavy (non-hydrogen) atoms. The Hall–Kier alpha value is -0.600. The van der Waals surface area contributed by atoms with Crippen molar-refractivity contribution in [1.29, 1.82) is 0 Å². The quantitative estimate of drug-likeness (QED) is 0.776. The largest absolute Gasteiger partial charge is 0.245 e. The lowest BCUT2D eigenvalue weighted by molar-refractivity contribution is 0.591. The first-order valence-corrected chi connectivity index (χ1v) is 7.96. The number of rotatable bonds is 3. The maximum atomic E-state index is 11.2. The van der Waals surface area contributed by atoms with E-state index in [1.54, 1.807) is 5.38 Å². The molecule has 0 saturated heterocycles. The summed E-state index contributed by atoms with van der Waals surface area (Å²) in [7, 11) is -7.65. The van der Waals surface area contributed by atoms with Crippen LogP contribution in [0.5, 0.6) is 0 Å². The molecule has 0 aliphatic heterocycles. The molecule has 0 aromatic carbocycles. The smallest absolute Gasteiger partial charge is 0.206 e. The highest BCUT2D eigenvalue weighted by molar-refractivity contribution is 8.09. The monoisotopic (exact) mass is 254 g/mol. The van der Waals surface area contributed by atoms with Crippen molar-refractivity contribution in [1.82, 2.24) is 0 Å². The highest BCUT2D eigenvalue weighted by Crippen LogP contribution is 2.22. The zero-order valence-electron chi connectivity index (χ0n) is 7.46. The highest BCUT2D eigenvalue weighted by Gasteiger charge is 2.27. The molecule has 0 saturated carbocycles. The molecule has 0 amide bonds. The van der Waals surface area contributed by atoms with Crippen molar-refractivity contribution in [3.05, 3.63) is 16.8 Å². The normalized spacial score (nSPS) is 12.7. The summed E-state index contributed by atoms with van der Waals surface area (Å²) in [5, 5.41) is 4.11. The Balaban J connectivity index is 3.37. The Morgan fingerprint density at radius 3 is 2.00 bits per heavy atom. The van der Waals surface area contributed by atoms with Crippen molar-refractivity contribution in [3.8, 4) is 0 Å². The molecular weight excluding hydrogens is 246 g/mol. The van der Waals surface area contributed by atoms with E-state index in [0.717, 1.165) is 23.8 Å². The van der Waals surface area contributed by atoms with Gasteiger partial charge in [0.1, 0.15) is 0 Å². The first-order chi connectivity index (χ1) is 6.23. The molecule has 1 heterocycles. The second-order valence-electron chi connectivity index (χ2n) is 2.63. The van der Waals surface area contributed by atoms with E-state index in [9.17, 15) is 16.8 Å². The first-order valence-electron chi connectivity index (χ1n) is 3.38. The summed E-state index contributed by atoms with van der Waals surface area (Å²) in [5.74, 6) is 0. The lowest BCUT2D eigenvalue weighted by Gasteiger charge is -2.17. The zero-order chi connectivity index (χ0) is 11.0. The van der Waals surface area contributed by atoms with Crippen molar-refractivity contribution < 1.29 is 16.8 Å². The summed E-state index contributed by atoms with van der Waals surface area (Å²) < 4.78 is 45.2. The van der Waals surface area contributed by atoms with E-state index in [2.05, 4.69) is 5.38 Å². The van der Waals surface area contributed by atoms with E-state index in [-0.39, 0.29) is 5.69 Å². The maximum Gasteiger partial charge on any atom is 0.245 e. The zero-order valence-corrected chi connectivity index (χ0v) is 9.91. The summed E-state index contributed by atoms with van der Waals surface area (Å²) in [6.07, 6.45) is 1.67. The van der Waals surface area contributed by atoms with Crippen LogP contribution in [0.1, 0.15) is 0 Å². The number of nitrogens with zero attached hydrogens (tertiary/aromatic N) is 1. The van der Waals surface area contributed by atoms with Crippen LogP contribution in [0.2, 0.25) is 0 Å². The third kappa shape index (κ3) is 2.46. The Bertz CT molecular complexity index is 467. The van der Waals surface area contributed by atoms with Crippen LogP contribution >= 0.6 is 11.3 Å². The third-order valence-corrected chi connectivity index (χ3v) is 5.08. The number of hydrogen-bond acceptors (Lipinski definition) is 5. The van der Waals surface area contributed by atoms with E-state index < -0.39 is 20.0 Å². The summed E-state index contributed by atoms with van der Waals surface area (Å²) in [4.78, 5) is 0. The second-order valence-corrected chi connectivity index (χ2v) is 7.24. The summed E-state index contributed by atoms with van der Waals surface area (Å²) in [6.45, 7) is 0. The van der Waals surface area contributed by atoms with Crippen LogP contribution in [0.3, 0.4) is 0 Å². The second kappa shape index (κ2) is 3.52. The molecule has 0 aliphatic carbocycles. The van der Waals surface area contributed by atoms with Crippen LogP contribution in [0, 0.1) is 5.38 Å². The van der Waals surface area contributed by atoms with Crippen LogP contribution in [0.4, 0.5) is 5.69 Å². The molecule has 0 fully saturated rings. The Kier molecular flexibility index (Phi) is 2.88. The Morgan fingerprint density at radius 2 is 1.71 bits per heavy atom. The van der Waals surface area contributed by atoms with E-state index in [1.165, 1.54) is 6.07 Å². The molecule has 5 nitrogen and oxygen atoms in total. The van der Waals surface area contributed by atoms with Crippen LogP contribution < -0.4 is 3.71 Å². The summed E-state index contributed by atoms with van der Waals surface area (Å²) >= 11 is 1.10. The van der Waals surface area contributed by atoms with Gasteiger partial charge >= 0.3 is 0 Å². The van der Waals surface area contributed by atoms with E-state index in [4.69, 9.17) is 0 Å². The average molecular weight is 254 g/mol. The van der Waals surface area contributed by atoms with Crippen molar-refractivity contribution in [2.24, 2.45) is 0 Å². The minimum absolute atomic E-state index is 0.0278.